The molecule has 0 aliphatic carbocycles. The molecule has 27 heavy (non-hydrogen) atoms. The maximum Gasteiger partial charge on any atom is 0.342 e. The molecular weight excluding hydrogens is 334 g/mol. The Morgan fingerprint density at radius 2 is 1.15 bits per heavy atom. The molecule has 0 radical (unpaired) electrons. The van der Waals surface area contributed by atoms with E-state index in [2.05, 4.69) is 0 Å². The molecule has 0 spiro atoms. The van der Waals surface area contributed by atoms with E-state index in [0.717, 1.165) is 33.8 Å². The lowest BCUT2D eigenvalue weighted by Gasteiger charge is -2.42. The lowest BCUT2D eigenvalue weighted by atomic mass is 10.1. The molecule has 4 heteroatoms. The fourth-order valence-corrected chi connectivity index (χ4v) is 3.06. The van der Waals surface area contributed by atoms with Gasteiger partial charge in [0.1, 0.15) is 0 Å². The van der Waals surface area contributed by atoms with Gasteiger partial charge in [-0.05, 0) is 56.7 Å². The van der Waals surface area contributed by atoms with E-state index >= 15 is 0 Å². The van der Waals surface area contributed by atoms with Crippen molar-refractivity contribution in [2.45, 2.75) is 20.8 Å². The van der Waals surface area contributed by atoms with Crippen LogP contribution in [0.3, 0.4) is 0 Å². The van der Waals surface area contributed by atoms with Crippen LogP contribution in [0.4, 0.5) is 21.9 Å². The van der Waals surface area contributed by atoms with Crippen LogP contribution in [0.2, 0.25) is 0 Å². The summed E-state index contributed by atoms with van der Waals surface area (Å²) in [7, 11) is 0. The molecule has 3 aromatic carbocycles. The number of urea groups is 1. The topological polar surface area (TPSA) is 35.9 Å². The van der Waals surface area contributed by atoms with Gasteiger partial charge in [0, 0.05) is 0 Å². The van der Waals surface area contributed by atoms with Gasteiger partial charge in [0.15, 0.2) is 0 Å². The Morgan fingerprint density at radius 1 is 0.667 bits per heavy atom. The first-order chi connectivity index (χ1) is 13.0. The van der Waals surface area contributed by atoms with Crippen LogP contribution in [0.5, 0.6) is 0 Å². The SMILES string of the molecule is Cc1ccc(N2C(=O)N(c3ccc(C)cc3)C2=Nc2ccccc2C)cc1. The van der Waals surface area contributed by atoms with Gasteiger partial charge in [0.2, 0.25) is 5.96 Å². The van der Waals surface area contributed by atoms with Gasteiger partial charge in [-0.1, -0.05) is 53.6 Å². The van der Waals surface area contributed by atoms with Crippen molar-refractivity contribution in [1.82, 2.24) is 0 Å². The molecule has 1 aliphatic heterocycles. The summed E-state index contributed by atoms with van der Waals surface area (Å²) in [6.07, 6.45) is 0. The predicted molar refractivity (Wildman–Crippen MR) is 111 cm³/mol. The van der Waals surface area contributed by atoms with Crippen molar-refractivity contribution in [3.05, 3.63) is 89.5 Å². The summed E-state index contributed by atoms with van der Waals surface area (Å²) in [6.45, 7) is 6.08. The molecule has 1 heterocycles. The second kappa shape index (κ2) is 6.72. The second-order valence-corrected chi connectivity index (χ2v) is 6.82. The Hall–Kier alpha value is -3.40. The summed E-state index contributed by atoms with van der Waals surface area (Å²) in [5, 5.41) is 0. The van der Waals surface area contributed by atoms with Crippen LogP contribution >= 0.6 is 0 Å². The molecule has 0 N–H and O–H groups in total. The highest BCUT2D eigenvalue weighted by atomic mass is 16.2. The van der Waals surface area contributed by atoms with E-state index in [0.29, 0.717) is 5.96 Å². The smallest absolute Gasteiger partial charge is 0.247 e. The summed E-state index contributed by atoms with van der Waals surface area (Å²) >= 11 is 0. The van der Waals surface area contributed by atoms with E-state index in [4.69, 9.17) is 4.99 Å². The van der Waals surface area contributed by atoms with Crippen molar-refractivity contribution in [1.29, 1.82) is 0 Å². The molecule has 0 saturated carbocycles. The molecule has 1 saturated heterocycles. The molecule has 0 atom stereocenters. The van der Waals surface area contributed by atoms with Gasteiger partial charge in [-0.2, -0.15) is 0 Å². The molecule has 4 rings (SSSR count). The Balaban J connectivity index is 1.80. The van der Waals surface area contributed by atoms with E-state index in [1.807, 2.05) is 93.6 Å². The summed E-state index contributed by atoms with van der Waals surface area (Å²) < 4.78 is 0. The highest BCUT2D eigenvalue weighted by Crippen LogP contribution is 2.33. The number of carbonyl (C=O) groups is 1. The van der Waals surface area contributed by atoms with Crippen LogP contribution in [0.1, 0.15) is 16.7 Å². The average molecular weight is 355 g/mol. The normalized spacial score (nSPS) is 13.6. The van der Waals surface area contributed by atoms with Crippen molar-refractivity contribution < 1.29 is 4.79 Å². The highest BCUT2D eigenvalue weighted by molar-refractivity contribution is 6.43. The van der Waals surface area contributed by atoms with E-state index < -0.39 is 0 Å². The summed E-state index contributed by atoms with van der Waals surface area (Å²) in [5.41, 5.74) is 5.87. The van der Waals surface area contributed by atoms with Crippen LogP contribution in [-0.4, -0.2) is 12.0 Å². The zero-order valence-electron chi connectivity index (χ0n) is 15.7. The van der Waals surface area contributed by atoms with Gasteiger partial charge >= 0.3 is 6.03 Å². The first-order valence-corrected chi connectivity index (χ1v) is 8.96. The zero-order chi connectivity index (χ0) is 19.0. The van der Waals surface area contributed by atoms with Crippen LogP contribution < -0.4 is 9.80 Å². The quantitative estimate of drug-likeness (QED) is 0.589. The Labute approximate surface area is 159 Å². The highest BCUT2D eigenvalue weighted by Gasteiger charge is 2.43. The van der Waals surface area contributed by atoms with Gasteiger partial charge in [0.25, 0.3) is 0 Å². The number of amides is 2. The first kappa shape index (κ1) is 17.0. The van der Waals surface area contributed by atoms with Crippen LogP contribution in [0.15, 0.2) is 77.8 Å². The van der Waals surface area contributed by atoms with Crippen LogP contribution in [-0.2, 0) is 0 Å². The third-order valence-corrected chi connectivity index (χ3v) is 4.70. The van der Waals surface area contributed by atoms with E-state index in [1.165, 1.54) is 0 Å². The second-order valence-electron chi connectivity index (χ2n) is 6.82. The average Bonchev–Trinajstić information content (AvgIpc) is 2.66. The number of hydrogen-bond donors (Lipinski definition) is 0. The predicted octanol–water partition coefficient (Wildman–Crippen LogP) is 5.75. The Kier molecular flexibility index (Phi) is 4.24. The number of anilines is 2. The molecule has 134 valence electrons. The van der Waals surface area contributed by atoms with Gasteiger partial charge < -0.3 is 0 Å². The summed E-state index contributed by atoms with van der Waals surface area (Å²) in [6, 6.07) is 23.6. The maximum atomic E-state index is 13.0. The molecule has 0 aromatic heterocycles. The standard InChI is InChI=1S/C23H21N3O/c1-16-8-12-19(13-9-16)25-22(24-21-7-5-4-6-18(21)3)26(23(25)27)20-14-10-17(2)11-15-20/h4-15H,1-3H3. The number of para-hydroxylation sites is 1. The molecule has 1 aliphatic rings. The van der Waals surface area contributed by atoms with E-state index in [9.17, 15) is 4.79 Å². The molecule has 2 amide bonds. The number of aryl methyl sites for hydroxylation is 3. The molecule has 4 nitrogen and oxygen atoms in total. The molecule has 0 bridgehead atoms. The van der Waals surface area contributed by atoms with Crippen molar-refractivity contribution in [3.63, 3.8) is 0 Å². The van der Waals surface area contributed by atoms with Crippen molar-refractivity contribution in [2.75, 3.05) is 9.80 Å². The van der Waals surface area contributed by atoms with E-state index in [-0.39, 0.29) is 6.03 Å². The van der Waals surface area contributed by atoms with E-state index in [1.54, 1.807) is 9.80 Å². The molecule has 1 fully saturated rings. The minimum atomic E-state index is -0.102. The minimum Gasteiger partial charge on any atom is -0.247 e. The Bertz CT molecular complexity index is 963. The maximum absolute atomic E-state index is 13.0. The van der Waals surface area contributed by atoms with Gasteiger partial charge in [0.05, 0.1) is 17.1 Å². The number of benzene rings is 3. The molecule has 0 unspecified atom stereocenters. The first-order valence-electron chi connectivity index (χ1n) is 8.96. The van der Waals surface area contributed by atoms with Crippen LogP contribution in [0.25, 0.3) is 0 Å². The summed E-state index contributed by atoms with van der Waals surface area (Å²) in [5.74, 6) is 0.613. The largest absolute Gasteiger partial charge is 0.342 e. The van der Waals surface area contributed by atoms with Crippen LogP contribution in [0, 0.1) is 20.8 Å². The molecular formula is C23H21N3O. The summed E-state index contributed by atoms with van der Waals surface area (Å²) in [4.78, 5) is 21.1. The Morgan fingerprint density at radius 3 is 1.63 bits per heavy atom. The lowest BCUT2D eigenvalue weighted by Crippen LogP contribution is -2.65. The number of nitrogens with zero attached hydrogens (tertiary/aromatic N) is 3. The number of rotatable bonds is 3. The number of carbonyl (C=O) groups excluding carboxylic acids is 1. The van der Waals surface area contributed by atoms with Gasteiger partial charge in [-0.3, -0.25) is 0 Å². The van der Waals surface area contributed by atoms with Gasteiger partial charge in [-0.15, -0.1) is 0 Å². The number of aliphatic imine (C=N–C) groups is 1. The van der Waals surface area contributed by atoms with Gasteiger partial charge in [-0.25, -0.2) is 19.6 Å². The zero-order valence-corrected chi connectivity index (χ0v) is 15.7. The lowest BCUT2D eigenvalue weighted by molar-refractivity contribution is 0.253. The fraction of sp³-hybridized carbons (Fsp3) is 0.130. The third kappa shape index (κ3) is 3.10. The number of hydrogen-bond acceptors (Lipinski definition) is 2. The van der Waals surface area contributed by atoms with Crippen molar-refractivity contribution in [3.8, 4) is 0 Å². The minimum absolute atomic E-state index is 0.102. The monoisotopic (exact) mass is 355 g/mol. The fourth-order valence-electron chi connectivity index (χ4n) is 3.06. The molecule has 3 aromatic rings. The third-order valence-electron chi connectivity index (χ3n) is 4.70. The van der Waals surface area contributed by atoms with Crippen molar-refractivity contribution in [2.24, 2.45) is 4.99 Å². The van der Waals surface area contributed by atoms with Crippen molar-refractivity contribution >= 4 is 29.1 Å². The number of guanidine groups is 1.